The molecule has 3 rings (SSSR count). The molecule has 0 aliphatic heterocycles. The highest BCUT2D eigenvalue weighted by Crippen LogP contribution is 2.22. The lowest BCUT2D eigenvalue weighted by Crippen LogP contribution is -2.11. The summed E-state index contributed by atoms with van der Waals surface area (Å²) >= 11 is 4.41. The van der Waals surface area contributed by atoms with Gasteiger partial charge in [-0.2, -0.15) is 12.6 Å². The van der Waals surface area contributed by atoms with Crippen LogP contribution in [0.5, 0.6) is 11.5 Å². The molecular weight excluding hydrogens is 466 g/mol. The van der Waals surface area contributed by atoms with E-state index in [1.54, 1.807) is 48.5 Å². The summed E-state index contributed by atoms with van der Waals surface area (Å²) in [6, 6.07) is 23.7. The Kier molecular flexibility index (Phi) is 11.6. The summed E-state index contributed by atoms with van der Waals surface area (Å²) in [5, 5.41) is 3.43. The summed E-state index contributed by atoms with van der Waals surface area (Å²) in [5.41, 5.74) is 1.87. The molecule has 1 N–H and O–H groups in total. The Hall–Kier alpha value is -3.05. The molecule has 3 aromatic rings. The van der Waals surface area contributed by atoms with Crippen LogP contribution in [0.3, 0.4) is 0 Å². The van der Waals surface area contributed by atoms with E-state index in [0.29, 0.717) is 34.2 Å². The second-order valence-corrected chi connectivity index (χ2v) is 10.1. The molecule has 1 atom stereocenters. The quantitative estimate of drug-likeness (QED) is 0.124. The third-order valence-electron chi connectivity index (χ3n) is 6.05. The van der Waals surface area contributed by atoms with Gasteiger partial charge in [-0.05, 0) is 78.8 Å². The number of unbranched alkanes of at least 4 members (excludes halogenated alkanes) is 6. The lowest BCUT2D eigenvalue weighted by Gasteiger charge is -2.08. The van der Waals surface area contributed by atoms with Crippen LogP contribution < -0.4 is 10.1 Å². The molecule has 0 aliphatic carbocycles. The van der Waals surface area contributed by atoms with Gasteiger partial charge in [-0.3, -0.25) is 9.59 Å². The minimum atomic E-state index is -0.0701. The van der Waals surface area contributed by atoms with Crippen molar-refractivity contribution in [2.75, 3.05) is 5.32 Å². The average molecular weight is 504 g/mol. The van der Waals surface area contributed by atoms with E-state index in [-0.39, 0.29) is 11.7 Å². The van der Waals surface area contributed by atoms with Crippen molar-refractivity contribution < 1.29 is 14.3 Å². The smallest absolute Gasteiger partial charge is 0.224 e. The number of ether oxygens (including phenoxy) is 1. The summed E-state index contributed by atoms with van der Waals surface area (Å²) in [6.45, 7) is 2.14. The molecule has 0 bridgehead atoms. The molecule has 0 radical (unpaired) electrons. The van der Waals surface area contributed by atoms with E-state index in [1.807, 2.05) is 30.3 Å². The van der Waals surface area contributed by atoms with Gasteiger partial charge in [0.1, 0.15) is 11.5 Å². The molecule has 5 heteroatoms. The van der Waals surface area contributed by atoms with Crippen LogP contribution in [0.25, 0.3) is 0 Å². The fourth-order valence-electron chi connectivity index (χ4n) is 4.00. The third kappa shape index (κ3) is 9.90. The van der Waals surface area contributed by atoms with Gasteiger partial charge in [-0.25, -0.2) is 0 Å². The first-order chi connectivity index (χ1) is 17.5. The van der Waals surface area contributed by atoms with Crippen molar-refractivity contribution in [3.8, 4) is 11.5 Å². The molecule has 4 nitrogen and oxygen atoms in total. The molecule has 0 heterocycles. The van der Waals surface area contributed by atoms with Crippen molar-refractivity contribution in [3.63, 3.8) is 0 Å². The van der Waals surface area contributed by atoms with Crippen LogP contribution in [0.2, 0.25) is 0 Å². The highest BCUT2D eigenvalue weighted by Gasteiger charge is 2.10. The zero-order chi connectivity index (χ0) is 25.6. The van der Waals surface area contributed by atoms with Crippen molar-refractivity contribution in [3.05, 3.63) is 90.0 Å². The molecule has 190 valence electrons. The van der Waals surface area contributed by atoms with Gasteiger partial charge < -0.3 is 10.1 Å². The van der Waals surface area contributed by atoms with E-state index in [2.05, 4.69) is 24.9 Å². The van der Waals surface area contributed by atoms with Gasteiger partial charge in [0.25, 0.3) is 0 Å². The fourth-order valence-corrected chi connectivity index (χ4v) is 4.19. The first-order valence-electron chi connectivity index (χ1n) is 13.0. The molecule has 1 unspecified atom stereocenters. The van der Waals surface area contributed by atoms with Crippen LogP contribution in [0, 0.1) is 0 Å². The van der Waals surface area contributed by atoms with Gasteiger partial charge in [-0.1, -0.05) is 63.6 Å². The zero-order valence-electron chi connectivity index (χ0n) is 21.1. The van der Waals surface area contributed by atoms with Crippen LogP contribution >= 0.6 is 12.6 Å². The maximum Gasteiger partial charge on any atom is 0.224 e. The predicted octanol–water partition coefficient (Wildman–Crippen LogP) is 8.48. The number of benzene rings is 3. The molecule has 36 heavy (non-hydrogen) atoms. The molecule has 3 aromatic carbocycles. The number of hydrogen-bond acceptors (Lipinski definition) is 4. The summed E-state index contributed by atoms with van der Waals surface area (Å²) in [7, 11) is 0. The Morgan fingerprint density at radius 3 is 1.86 bits per heavy atom. The fraction of sp³-hybridized carbons (Fsp3) is 0.355. The highest BCUT2D eigenvalue weighted by atomic mass is 32.1. The standard InChI is InChI=1S/C31H37NO3S/c1-24(36)12-8-5-3-2-4-6-11-15-30(33)32-27-20-16-25(17-21-27)31(34)26-18-22-29(23-19-26)35-28-13-9-7-10-14-28/h7,9-10,13-14,16-24,36H,2-6,8,11-12,15H2,1H3,(H,32,33). The predicted molar refractivity (Wildman–Crippen MR) is 151 cm³/mol. The number of hydrogen-bond donors (Lipinski definition) is 2. The Morgan fingerprint density at radius 1 is 0.722 bits per heavy atom. The maximum absolute atomic E-state index is 12.8. The van der Waals surface area contributed by atoms with Gasteiger partial charge >= 0.3 is 0 Å². The average Bonchev–Trinajstić information content (AvgIpc) is 2.88. The van der Waals surface area contributed by atoms with E-state index < -0.39 is 0 Å². The Labute approximate surface area is 220 Å². The van der Waals surface area contributed by atoms with Crippen LogP contribution in [-0.4, -0.2) is 16.9 Å². The SMILES string of the molecule is CC(S)CCCCCCCCCC(=O)Nc1ccc(C(=O)c2ccc(Oc3ccccc3)cc2)cc1. The summed E-state index contributed by atoms with van der Waals surface area (Å²) < 4.78 is 5.79. The van der Waals surface area contributed by atoms with Gasteiger partial charge in [0.05, 0.1) is 0 Å². The third-order valence-corrected chi connectivity index (χ3v) is 6.31. The minimum Gasteiger partial charge on any atom is -0.457 e. The summed E-state index contributed by atoms with van der Waals surface area (Å²) in [4.78, 5) is 25.1. The van der Waals surface area contributed by atoms with E-state index in [0.717, 1.165) is 18.6 Å². The van der Waals surface area contributed by atoms with Crippen molar-refractivity contribution in [2.45, 2.75) is 70.0 Å². The molecule has 0 aromatic heterocycles. The van der Waals surface area contributed by atoms with Gasteiger partial charge in [0, 0.05) is 23.2 Å². The van der Waals surface area contributed by atoms with Gasteiger partial charge in [0.2, 0.25) is 5.91 Å². The van der Waals surface area contributed by atoms with Crippen molar-refractivity contribution in [1.82, 2.24) is 0 Å². The van der Waals surface area contributed by atoms with E-state index in [9.17, 15) is 9.59 Å². The Morgan fingerprint density at radius 2 is 1.25 bits per heavy atom. The number of anilines is 1. The number of carbonyl (C=O) groups is 2. The molecular formula is C31H37NO3S. The monoisotopic (exact) mass is 503 g/mol. The topological polar surface area (TPSA) is 55.4 Å². The normalized spacial score (nSPS) is 11.6. The van der Waals surface area contributed by atoms with Gasteiger partial charge in [0.15, 0.2) is 5.78 Å². The van der Waals surface area contributed by atoms with Crippen LogP contribution in [-0.2, 0) is 4.79 Å². The van der Waals surface area contributed by atoms with Crippen LogP contribution in [0.15, 0.2) is 78.9 Å². The number of amides is 1. The van der Waals surface area contributed by atoms with E-state index in [1.165, 1.54) is 38.5 Å². The first-order valence-corrected chi connectivity index (χ1v) is 13.5. The molecule has 0 saturated carbocycles. The lowest BCUT2D eigenvalue weighted by molar-refractivity contribution is -0.116. The second kappa shape index (κ2) is 15.1. The number of para-hydroxylation sites is 1. The van der Waals surface area contributed by atoms with E-state index >= 15 is 0 Å². The van der Waals surface area contributed by atoms with Crippen molar-refractivity contribution in [1.29, 1.82) is 0 Å². The number of carbonyl (C=O) groups excluding carboxylic acids is 2. The largest absolute Gasteiger partial charge is 0.457 e. The van der Waals surface area contributed by atoms with Crippen LogP contribution in [0.1, 0.15) is 80.6 Å². The molecule has 0 fully saturated rings. The maximum atomic E-state index is 12.8. The van der Waals surface area contributed by atoms with E-state index in [4.69, 9.17) is 4.74 Å². The zero-order valence-corrected chi connectivity index (χ0v) is 22.0. The summed E-state index contributed by atoms with van der Waals surface area (Å²) in [6.07, 6.45) is 9.92. The van der Waals surface area contributed by atoms with Gasteiger partial charge in [-0.15, -0.1) is 0 Å². The minimum absolute atomic E-state index is 0.0193. The molecule has 1 amide bonds. The molecule has 0 aliphatic rings. The summed E-state index contributed by atoms with van der Waals surface area (Å²) in [5.74, 6) is 1.37. The molecule has 0 spiro atoms. The first kappa shape index (κ1) is 27.5. The van der Waals surface area contributed by atoms with Crippen molar-refractivity contribution >= 4 is 30.0 Å². The number of nitrogens with one attached hydrogen (secondary N) is 1. The highest BCUT2D eigenvalue weighted by molar-refractivity contribution is 7.80. The second-order valence-electron chi connectivity index (χ2n) is 9.26. The van der Waals surface area contributed by atoms with Crippen LogP contribution in [0.4, 0.5) is 5.69 Å². The Balaban J connectivity index is 1.36. The Bertz CT molecular complexity index is 1060. The number of ketones is 1. The molecule has 0 saturated heterocycles. The number of thiol groups is 1. The van der Waals surface area contributed by atoms with Crippen molar-refractivity contribution in [2.24, 2.45) is 0 Å². The lowest BCUT2D eigenvalue weighted by atomic mass is 10.0. The number of rotatable bonds is 15.